The normalized spacial score (nSPS) is 12.1. The highest BCUT2D eigenvalue weighted by Gasteiger charge is 2.25. The average molecular weight is 310 g/mol. The number of benzene rings is 1. The van der Waals surface area contributed by atoms with Gasteiger partial charge in [-0.05, 0) is 26.0 Å². The smallest absolute Gasteiger partial charge is 0.309 e. The number of aliphatic carboxylic acids is 1. The van der Waals surface area contributed by atoms with Crippen LogP contribution in [-0.2, 0) is 17.1 Å². The third-order valence-corrected chi connectivity index (χ3v) is 3.29. The maximum Gasteiger partial charge on any atom is 0.309 e. The van der Waals surface area contributed by atoms with Crippen LogP contribution in [0.1, 0.15) is 38.1 Å². The Labute approximate surface area is 125 Å². The zero-order chi connectivity index (χ0) is 16.7. The molecule has 0 aliphatic heterocycles. The first kappa shape index (κ1) is 16.1. The summed E-state index contributed by atoms with van der Waals surface area (Å²) in [6, 6.07) is 3.50. The molecule has 0 bridgehead atoms. The van der Waals surface area contributed by atoms with E-state index in [1.54, 1.807) is 13.8 Å². The van der Waals surface area contributed by atoms with Crippen LogP contribution >= 0.6 is 0 Å². The number of carbonyl (C=O) groups is 1. The highest BCUT2D eigenvalue weighted by atomic mass is 19.3. The highest BCUT2D eigenvalue weighted by molar-refractivity contribution is 5.81. The van der Waals surface area contributed by atoms with Crippen LogP contribution < -0.4 is 5.43 Å². The summed E-state index contributed by atoms with van der Waals surface area (Å²) in [6.45, 7) is 4.33. The molecule has 7 heteroatoms. The molecule has 2 aromatic rings. The molecule has 0 unspecified atom stereocenters. The van der Waals surface area contributed by atoms with Crippen molar-refractivity contribution in [3.05, 3.63) is 39.7 Å². The summed E-state index contributed by atoms with van der Waals surface area (Å²) in [4.78, 5) is 23.1. The van der Waals surface area contributed by atoms with E-state index >= 15 is 0 Å². The van der Waals surface area contributed by atoms with Gasteiger partial charge in [-0.15, -0.1) is 0 Å². The number of carboxylic acids is 1. The van der Waals surface area contributed by atoms with Gasteiger partial charge in [0, 0.05) is 23.9 Å². The predicted octanol–water partition coefficient (Wildman–Crippen LogP) is 2.72. The van der Waals surface area contributed by atoms with Crippen molar-refractivity contribution in [2.75, 3.05) is 0 Å². The minimum absolute atomic E-state index is 0.107. The standard InChI is InChI=1S/C15H16F2N2O3/c1-8(2)19-12-6-9(15(3,16)17)4-5-10(12)14(22)11(18-19)7-13(20)21/h4-6,8H,7H2,1-3H3,(H,20,21). The van der Waals surface area contributed by atoms with Gasteiger partial charge < -0.3 is 5.11 Å². The van der Waals surface area contributed by atoms with E-state index in [9.17, 15) is 18.4 Å². The van der Waals surface area contributed by atoms with E-state index in [0.29, 0.717) is 0 Å². The first-order chi connectivity index (χ1) is 10.1. The van der Waals surface area contributed by atoms with Crippen molar-refractivity contribution in [3.63, 3.8) is 0 Å². The SMILES string of the molecule is CC(C)n1nc(CC(=O)O)c(=O)c2ccc(C(C)(F)F)cc21. The number of hydrogen-bond donors (Lipinski definition) is 1. The van der Waals surface area contributed by atoms with Gasteiger partial charge in [-0.1, -0.05) is 6.07 Å². The van der Waals surface area contributed by atoms with Crippen molar-refractivity contribution < 1.29 is 18.7 Å². The van der Waals surface area contributed by atoms with E-state index in [0.717, 1.165) is 6.92 Å². The van der Waals surface area contributed by atoms with Gasteiger partial charge in [0.2, 0.25) is 5.43 Å². The average Bonchev–Trinajstić information content (AvgIpc) is 2.39. The molecule has 5 nitrogen and oxygen atoms in total. The largest absolute Gasteiger partial charge is 0.481 e. The molecular weight excluding hydrogens is 294 g/mol. The van der Waals surface area contributed by atoms with Gasteiger partial charge >= 0.3 is 5.97 Å². The number of halogens is 2. The number of hydrogen-bond acceptors (Lipinski definition) is 3. The van der Waals surface area contributed by atoms with Crippen LogP contribution in [0.3, 0.4) is 0 Å². The van der Waals surface area contributed by atoms with Gasteiger partial charge in [0.05, 0.1) is 11.9 Å². The molecule has 1 aromatic heterocycles. The van der Waals surface area contributed by atoms with Crippen molar-refractivity contribution in [1.82, 2.24) is 9.78 Å². The first-order valence-electron chi connectivity index (χ1n) is 6.77. The second-order valence-electron chi connectivity index (χ2n) is 5.50. The van der Waals surface area contributed by atoms with Crippen LogP contribution in [0.5, 0.6) is 0 Å². The Balaban J connectivity index is 2.81. The molecular formula is C15H16F2N2O3. The Morgan fingerprint density at radius 3 is 2.55 bits per heavy atom. The van der Waals surface area contributed by atoms with Crippen LogP contribution in [0.2, 0.25) is 0 Å². The quantitative estimate of drug-likeness (QED) is 0.942. The Morgan fingerprint density at radius 1 is 1.41 bits per heavy atom. The Kier molecular flexibility index (Phi) is 4.00. The van der Waals surface area contributed by atoms with Crippen molar-refractivity contribution in [1.29, 1.82) is 0 Å². The number of alkyl halides is 2. The lowest BCUT2D eigenvalue weighted by Gasteiger charge is -2.17. The number of fused-ring (bicyclic) bond motifs is 1. The van der Waals surface area contributed by atoms with E-state index in [1.807, 2.05) is 0 Å². The van der Waals surface area contributed by atoms with E-state index in [4.69, 9.17) is 5.11 Å². The molecule has 1 heterocycles. The van der Waals surface area contributed by atoms with Crippen LogP contribution in [0.4, 0.5) is 8.78 Å². The number of rotatable bonds is 4. The zero-order valence-corrected chi connectivity index (χ0v) is 12.4. The van der Waals surface area contributed by atoms with Crippen LogP contribution in [-0.4, -0.2) is 20.9 Å². The fourth-order valence-corrected chi connectivity index (χ4v) is 2.22. The molecule has 0 fully saturated rings. The Bertz CT molecular complexity index is 792. The maximum atomic E-state index is 13.5. The predicted molar refractivity (Wildman–Crippen MR) is 77.3 cm³/mol. The minimum Gasteiger partial charge on any atom is -0.481 e. The summed E-state index contributed by atoms with van der Waals surface area (Å²) in [5.41, 5.74) is -0.597. The minimum atomic E-state index is -3.04. The molecule has 0 aliphatic rings. The molecule has 0 spiro atoms. The first-order valence-corrected chi connectivity index (χ1v) is 6.77. The lowest BCUT2D eigenvalue weighted by molar-refractivity contribution is -0.136. The van der Waals surface area contributed by atoms with Gasteiger partial charge in [0.25, 0.3) is 5.92 Å². The molecule has 0 aliphatic carbocycles. The Hall–Kier alpha value is -2.31. The molecule has 22 heavy (non-hydrogen) atoms. The lowest BCUT2D eigenvalue weighted by atomic mass is 10.1. The topological polar surface area (TPSA) is 72.2 Å². The third-order valence-electron chi connectivity index (χ3n) is 3.29. The fraction of sp³-hybridized carbons (Fsp3) is 0.400. The summed E-state index contributed by atoms with van der Waals surface area (Å²) in [5, 5.41) is 13.1. The summed E-state index contributed by atoms with van der Waals surface area (Å²) < 4.78 is 28.4. The van der Waals surface area contributed by atoms with E-state index < -0.39 is 23.7 Å². The molecule has 118 valence electrons. The lowest BCUT2D eigenvalue weighted by Crippen LogP contribution is -2.23. The fourth-order valence-electron chi connectivity index (χ4n) is 2.22. The van der Waals surface area contributed by atoms with Gasteiger partial charge in [0.1, 0.15) is 5.69 Å². The number of aromatic nitrogens is 2. The molecule has 0 saturated carbocycles. The Morgan fingerprint density at radius 2 is 2.05 bits per heavy atom. The molecule has 1 aromatic carbocycles. The third kappa shape index (κ3) is 2.98. The molecule has 0 saturated heterocycles. The van der Waals surface area contributed by atoms with E-state index in [2.05, 4.69) is 5.10 Å². The number of carboxylic acid groups (broad SMARTS) is 1. The highest BCUT2D eigenvalue weighted by Crippen LogP contribution is 2.29. The van der Waals surface area contributed by atoms with E-state index in [-0.39, 0.29) is 28.2 Å². The second-order valence-corrected chi connectivity index (χ2v) is 5.50. The summed E-state index contributed by atoms with van der Waals surface area (Å²) in [7, 11) is 0. The van der Waals surface area contributed by atoms with Crippen molar-refractivity contribution in [3.8, 4) is 0 Å². The maximum absolute atomic E-state index is 13.5. The molecule has 1 N–H and O–H groups in total. The molecule has 2 rings (SSSR count). The van der Waals surface area contributed by atoms with Crippen LogP contribution in [0, 0.1) is 0 Å². The molecule has 0 radical (unpaired) electrons. The number of nitrogens with zero attached hydrogens (tertiary/aromatic N) is 2. The van der Waals surface area contributed by atoms with Crippen LogP contribution in [0.25, 0.3) is 10.9 Å². The van der Waals surface area contributed by atoms with Crippen molar-refractivity contribution >= 4 is 16.9 Å². The zero-order valence-electron chi connectivity index (χ0n) is 12.4. The van der Waals surface area contributed by atoms with Crippen LogP contribution in [0.15, 0.2) is 23.0 Å². The summed E-state index contributed by atoms with van der Waals surface area (Å²) in [6.07, 6.45) is -0.507. The summed E-state index contributed by atoms with van der Waals surface area (Å²) in [5.74, 6) is -4.21. The van der Waals surface area contributed by atoms with Gasteiger partial charge in [-0.2, -0.15) is 5.10 Å². The van der Waals surface area contributed by atoms with Crippen molar-refractivity contribution in [2.45, 2.75) is 39.2 Å². The monoisotopic (exact) mass is 310 g/mol. The summed E-state index contributed by atoms with van der Waals surface area (Å²) >= 11 is 0. The molecule has 0 atom stereocenters. The van der Waals surface area contributed by atoms with Crippen molar-refractivity contribution in [2.24, 2.45) is 0 Å². The van der Waals surface area contributed by atoms with E-state index in [1.165, 1.54) is 22.9 Å². The van der Waals surface area contributed by atoms with Gasteiger partial charge in [-0.3, -0.25) is 14.3 Å². The second kappa shape index (κ2) is 5.47. The molecule has 0 amide bonds. The van der Waals surface area contributed by atoms with Gasteiger partial charge in [-0.25, -0.2) is 8.78 Å². The van der Waals surface area contributed by atoms with Gasteiger partial charge in [0.15, 0.2) is 0 Å².